The van der Waals surface area contributed by atoms with Gasteiger partial charge < -0.3 is 24.1 Å². The van der Waals surface area contributed by atoms with Crippen LogP contribution in [-0.4, -0.2) is 50.9 Å². The van der Waals surface area contributed by atoms with Gasteiger partial charge in [0.25, 0.3) is 0 Å². The van der Waals surface area contributed by atoms with E-state index in [-0.39, 0.29) is 11.4 Å². The molecule has 1 heterocycles. The molecule has 1 atom stereocenters. The fourth-order valence-electron chi connectivity index (χ4n) is 3.79. The van der Waals surface area contributed by atoms with E-state index >= 15 is 0 Å². The van der Waals surface area contributed by atoms with E-state index in [9.17, 15) is 22.7 Å². The highest BCUT2D eigenvalue weighted by atomic mass is 32.2. The van der Waals surface area contributed by atoms with E-state index in [1.807, 2.05) is 0 Å². The monoisotopic (exact) mass is 517 g/mol. The number of sulfonamides is 1. The molecule has 0 saturated carbocycles. The summed E-state index contributed by atoms with van der Waals surface area (Å²) in [4.78, 5) is 11.4. The molecule has 0 spiro atoms. The molecule has 0 saturated heterocycles. The van der Waals surface area contributed by atoms with Gasteiger partial charge in [-0.15, -0.1) is 0 Å². The number of benzene rings is 3. The quantitative estimate of drug-likeness (QED) is 0.324. The van der Waals surface area contributed by atoms with Gasteiger partial charge in [0.05, 0.1) is 11.5 Å². The molecule has 0 aliphatic carbocycles. The average Bonchev–Trinajstić information content (AvgIpc) is 2.85. The van der Waals surface area contributed by atoms with E-state index in [4.69, 9.17) is 18.9 Å². The van der Waals surface area contributed by atoms with Crippen LogP contribution in [0, 0.1) is 5.82 Å². The van der Waals surface area contributed by atoms with Crippen LogP contribution in [0.4, 0.5) is 9.18 Å². The molecule has 3 aromatic carbocycles. The number of hydrogen-bond donors (Lipinski definition) is 1. The normalized spacial score (nSPS) is 15.7. The van der Waals surface area contributed by atoms with Gasteiger partial charge in [0.15, 0.2) is 6.23 Å². The lowest BCUT2D eigenvalue weighted by Gasteiger charge is -2.35. The maximum absolute atomic E-state index is 13.5. The summed E-state index contributed by atoms with van der Waals surface area (Å²) in [6.45, 7) is 0.746. The third kappa shape index (κ3) is 5.76. The smallest absolute Gasteiger partial charge is 0.491 e. The fraction of sp³-hybridized carbons (Fsp3) is 0.240. The highest BCUT2D eigenvalue weighted by Crippen LogP contribution is 2.37. The van der Waals surface area contributed by atoms with E-state index in [2.05, 4.69) is 0 Å². The molecular weight excluding hydrogens is 493 g/mol. The summed E-state index contributed by atoms with van der Waals surface area (Å²) in [6, 6.07) is 16.0. The van der Waals surface area contributed by atoms with Crippen molar-refractivity contribution in [2.75, 3.05) is 26.9 Å². The molecule has 1 unspecified atom stereocenters. The lowest BCUT2D eigenvalue weighted by molar-refractivity contribution is -0.00580. The number of nitrogens with zero attached hydrogens (tertiary/aromatic N) is 1. The van der Waals surface area contributed by atoms with Gasteiger partial charge in [0.2, 0.25) is 10.0 Å². The highest BCUT2D eigenvalue weighted by Gasteiger charge is 2.39. The van der Waals surface area contributed by atoms with E-state index in [0.29, 0.717) is 42.4 Å². The van der Waals surface area contributed by atoms with Crippen molar-refractivity contribution in [1.29, 1.82) is 0 Å². The second kappa shape index (κ2) is 10.9. The average molecular weight is 518 g/mol. The Morgan fingerprint density at radius 3 is 2.28 bits per heavy atom. The van der Waals surface area contributed by atoms with E-state index < -0.39 is 28.2 Å². The zero-order valence-corrected chi connectivity index (χ0v) is 20.1. The van der Waals surface area contributed by atoms with Crippen molar-refractivity contribution in [1.82, 2.24) is 4.31 Å². The zero-order valence-electron chi connectivity index (χ0n) is 19.3. The van der Waals surface area contributed by atoms with Crippen molar-refractivity contribution in [2.24, 2.45) is 0 Å². The van der Waals surface area contributed by atoms with Crippen LogP contribution in [0.15, 0.2) is 71.6 Å². The summed E-state index contributed by atoms with van der Waals surface area (Å²) >= 11 is 0. The van der Waals surface area contributed by atoms with Crippen molar-refractivity contribution < 1.29 is 41.7 Å². The van der Waals surface area contributed by atoms with Crippen LogP contribution in [0.5, 0.6) is 17.2 Å². The molecule has 4 rings (SSSR count). The number of carbonyl (C=O) groups is 1. The Morgan fingerprint density at radius 1 is 1.00 bits per heavy atom. The van der Waals surface area contributed by atoms with Crippen molar-refractivity contribution in [3.05, 3.63) is 83.7 Å². The predicted molar refractivity (Wildman–Crippen MR) is 126 cm³/mol. The largest absolute Gasteiger partial charge is 0.507 e. The second-order valence-corrected chi connectivity index (χ2v) is 9.72. The summed E-state index contributed by atoms with van der Waals surface area (Å²) in [5, 5.41) is 9.31. The standard InChI is InChI=1S/C25H24FNO8S/c1-32-14-15-33-21-8-11-23-17(16-21)12-13-27(24(23)35-25(28)29)36(30,31)22-9-6-20(7-10-22)34-19-4-2-18(26)3-5-19/h2-11,16,24H,12-15H2,1H3,(H,28,29). The minimum absolute atomic E-state index is 0.00261. The van der Waals surface area contributed by atoms with Gasteiger partial charge in [-0.25, -0.2) is 17.6 Å². The molecule has 1 aliphatic heterocycles. The van der Waals surface area contributed by atoms with Gasteiger partial charge in [-0.3, -0.25) is 0 Å². The highest BCUT2D eigenvalue weighted by molar-refractivity contribution is 7.89. The van der Waals surface area contributed by atoms with E-state index in [1.165, 1.54) is 48.5 Å². The molecule has 0 amide bonds. The van der Waals surface area contributed by atoms with Gasteiger partial charge in [-0.2, -0.15) is 4.31 Å². The number of carboxylic acid groups (broad SMARTS) is 1. The van der Waals surface area contributed by atoms with Crippen LogP contribution < -0.4 is 9.47 Å². The first-order chi connectivity index (χ1) is 17.3. The van der Waals surface area contributed by atoms with Gasteiger partial charge >= 0.3 is 6.16 Å². The van der Waals surface area contributed by atoms with E-state index in [1.54, 1.807) is 25.3 Å². The van der Waals surface area contributed by atoms with Crippen LogP contribution in [0.2, 0.25) is 0 Å². The van der Waals surface area contributed by atoms with Crippen molar-refractivity contribution >= 4 is 16.2 Å². The SMILES string of the molecule is COCCOc1ccc2c(c1)CCN(S(=O)(=O)c1ccc(Oc3ccc(F)cc3)cc1)C2OC(=O)O. The Labute approximate surface area is 207 Å². The van der Waals surface area contributed by atoms with Crippen LogP contribution in [0.1, 0.15) is 17.4 Å². The number of methoxy groups -OCH3 is 1. The first kappa shape index (κ1) is 25.4. The van der Waals surface area contributed by atoms with Gasteiger partial charge in [0, 0.05) is 19.2 Å². The molecule has 1 aliphatic rings. The van der Waals surface area contributed by atoms with Gasteiger partial charge in [-0.05, 0) is 78.7 Å². The summed E-state index contributed by atoms with van der Waals surface area (Å²) in [5.41, 5.74) is 1.15. The molecule has 190 valence electrons. The molecule has 0 radical (unpaired) electrons. The maximum Gasteiger partial charge on any atom is 0.507 e. The van der Waals surface area contributed by atoms with Gasteiger partial charge in [-0.1, -0.05) is 0 Å². The van der Waals surface area contributed by atoms with Crippen LogP contribution in [0.25, 0.3) is 0 Å². The van der Waals surface area contributed by atoms with Crippen molar-refractivity contribution in [2.45, 2.75) is 17.5 Å². The maximum atomic E-state index is 13.5. The first-order valence-electron chi connectivity index (χ1n) is 11.0. The van der Waals surface area contributed by atoms with Crippen LogP contribution >= 0.6 is 0 Å². The predicted octanol–water partition coefficient (Wildman–Crippen LogP) is 4.58. The summed E-state index contributed by atoms with van der Waals surface area (Å²) in [6.07, 6.45) is -2.63. The first-order valence-corrected chi connectivity index (χ1v) is 12.4. The van der Waals surface area contributed by atoms with Crippen LogP contribution in [-0.2, 0) is 25.9 Å². The van der Waals surface area contributed by atoms with Crippen molar-refractivity contribution in [3.8, 4) is 17.2 Å². The Bertz CT molecular complexity index is 1310. The molecule has 0 fully saturated rings. The molecule has 3 aromatic rings. The molecule has 9 nitrogen and oxygen atoms in total. The Balaban J connectivity index is 1.57. The summed E-state index contributed by atoms with van der Waals surface area (Å²) in [7, 11) is -2.57. The summed E-state index contributed by atoms with van der Waals surface area (Å²) in [5.74, 6) is 0.900. The minimum Gasteiger partial charge on any atom is -0.491 e. The number of fused-ring (bicyclic) bond motifs is 1. The fourth-order valence-corrected chi connectivity index (χ4v) is 5.28. The van der Waals surface area contributed by atoms with Gasteiger partial charge in [0.1, 0.15) is 29.7 Å². The number of ether oxygens (including phenoxy) is 4. The van der Waals surface area contributed by atoms with E-state index in [0.717, 1.165) is 9.87 Å². The molecule has 11 heteroatoms. The molecule has 0 aromatic heterocycles. The van der Waals surface area contributed by atoms with Crippen molar-refractivity contribution in [3.63, 3.8) is 0 Å². The molecule has 36 heavy (non-hydrogen) atoms. The Morgan fingerprint density at radius 2 is 1.64 bits per heavy atom. The lowest BCUT2D eigenvalue weighted by atomic mass is 9.99. The second-order valence-electron chi connectivity index (χ2n) is 7.83. The Kier molecular flexibility index (Phi) is 7.73. The third-order valence-corrected chi connectivity index (χ3v) is 7.35. The van der Waals surface area contributed by atoms with Crippen LogP contribution in [0.3, 0.4) is 0 Å². The molecule has 1 N–H and O–H groups in total. The third-order valence-electron chi connectivity index (χ3n) is 5.49. The molecule has 0 bridgehead atoms. The Hall–Kier alpha value is -3.67. The number of halogens is 1. The topological polar surface area (TPSA) is 112 Å². The lowest BCUT2D eigenvalue weighted by Crippen LogP contribution is -2.41. The number of hydrogen-bond acceptors (Lipinski definition) is 7. The molecular formula is C25H24FNO8S. The number of rotatable bonds is 9. The minimum atomic E-state index is -4.13. The zero-order chi connectivity index (χ0) is 25.7. The summed E-state index contributed by atoms with van der Waals surface area (Å²) < 4.78 is 62.3.